The number of nitrogens with zero attached hydrogens (tertiary/aromatic N) is 4. The number of hydrogen-bond acceptors (Lipinski definition) is 9. The summed E-state index contributed by atoms with van der Waals surface area (Å²) in [6.45, 7) is 3.96. The van der Waals surface area contributed by atoms with Gasteiger partial charge in [-0.05, 0) is 17.2 Å². The van der Waals surface area contributed by atoms with E-state index in [2.05, 4.69) is 20.1 Å². The number of anilines is 1. The van der Waals surface area contributed by atoms with Crippen LogP contribution in [0, 0.1) is 0 Å². The van der Waals surface area contributed by atoms with Gasteiger partial charge in [-0.1, -0.05) is 5.16 Å². The molecule has 0 aliphatic carbocycles. The van der Waals surface area contributed by atoms with Crippen LogP contribution >= 0.6 is 0 Å². The normalized spacial score (nSPS) is 15.9. The molecule has 0 saturated carbocycles. The summed E-state index contributed by atoms with van der Waals surface area (Å²) in [5, 5.41) is 11.1. The third kappa shape index (κ3) is 4.05. The molecule has 0 spiro atoms. The number of nitrogens with two attached hydrogens (primary N) is 1. The predicted molar refractivity (Wildman–Crippen MR) is 70.2 cm³/mol. The molecule has 1 fully saturated rings. The second-order valence-corrected chi connectivity index (χ2v) is 4.09. The molecule has 116 valence electrons. The van der Waals surface area contributed by atoms with Crippen LogP contribution in [0.2, 0.25) is 0 Å². The van der Waals surface area contributed by atoms with E-state index in [0.717, 1.165) is 0 Å². The standard InChI is InChI=1S/C11H17N5O5/c1-2-19-8(17)7-20-15-11(9-10(12)14-21-13-9)16-3-5-18-6-4-16/h2-7H2,1H3,(H2,12,14). The summed E-state index contributed by atoms with van der Waals surface area (Å²) >= 11 is 0. The first-order valence-corrected chi connectivity index (χ1v) is 6.49. The van der Waals surface area contributed by atoms with E-state index >= 15 is 0 Å². The molecule has 10 nitrogen and oxygen atoms in total. The number of ether oxygens (including phenoxy) is 2. The van der Waals surface area contributed by atoms with Crippen LogP contribution in [0.1, 0.15) is 12.6 Å². The van der Waals surface area contributed by atoms with Crippen molar-refractivity contribution in [1.29, 1.82) is 0 Å². The van der Waals surface area contributed by atoms with Gasteiger partial charge in [0, 0.05) is 13.1 Å². The molecule has 21 heavy (non-hydrogen) atoms. The van der Waals surface area contributed by atoms with Crippen molar-refractivity contribution in [2.75, 3.05) is 45.3 Å². The lowest BCUT2D eigenvalue weighted by Crippen LogP contribution is -2.41. The Bertz CT molecular complexity index is 497. The van der Waals surface area contributed by atoms with Gasteiger partial charge in [0.05, 0.1) is 19.8 Å². The summed E-state index contributed by atoms with van der Waals surface area (Å²) in [5.41, 5.74) is 5.94. The molecule has 1 aliphatic heterocycles. The highest BCUT2D eigenvalue weighted by molar-refractivity contribution is 6.00. The molecule has 0 bridgehead atoms. The second kappa shape index (κ2) is 7.43. The first-order chi connectivity index (χ1) is 10.2. The third-order valence-electron chi connectivity index (χ3n) is 2.68. The molecule has 10 heteroatoms. The van der Waals surface area contributed by atoms with Crippen LogP contribution < -0.4 is 5.73 Å². The zero-order valence-corrected chi connectivity index (χ0v) is 11.7. The number of esters is 1. The molecular weight excluding hydrogens is 282 g/mol. The number of nitrogen functional groups attached to an aromatic ring is 1. The van der Waals surface area contributed by atoms with Crippen molar-refractivity contribution in [1.82, 2.24) is 15.2 Å². The molecule has 0 amide bonds. The van der Waals surface area contributed by atoms with Crippen LogP contribution in [0.3, 0.4) is 0 Å². The highest BCUT2D eigenvalue weighted by Gasteiger charge is 2.23. The van der Waals surface area contributed by atoms with Gasteiger partial charge in [-0.2, -0.15) is 0 Å². The van der Waals surface area contributed by atoms with Gasteiger partial charge in [0.15, 0.2) is 11.5 Å². The van der Waals surface area contributed by atoms with Gasteiger partial charge in [0.1, 0.15) is 0 Å². The van der Waals surface area contributed by atoms with Gasteiger partial charge in [0.2, 0.25) is 12.4 Å². The lowest BCUT2D eigenvalue weighted by atomic mass is 10.3. The van der Waals surface area contributed by atoms with E-state index in [9.17, 15) is 4.79 Å². The smallest absolute Gasteiger partial charge is 0.347 e. The van der Waals surface area contributed by atoms with Gasteiger partial charge in [-0.15, -0.1) is 0 Å². The van der Waals surface area contributed by atoms with E-state index in [1.807, 2.05) is 4.90 Å². The Hall–Kier alpha value is -2.36. The van der Waals surface area contributed by atoms with Crippen molar-refractivity contribution in [2.24, 2.45) is 5.16 Å². The number of hydrogen-bond donors (Lipinski definition) is 1. The van der Waals surface area contributed by atoms with Crippen LogP contribution in [0.15, 0.2) is 9.78 Å². The molecule has 1 saturated heterocycles. The van der Waals surface area contributed by atoms with Crippen LogP contribution in [0.4, 0.5) is 5.82 Å². The van der Waals surface area contributed by atoms with Crippen LogP contribution in [0.25, 0.3) is 0 Å². The summed E-state index contributed by atoms with van der Waals surface area (Å²) in [7, 11) is 0. The minimum absolute atomic E-state index is 0.0972. The Morgan fingerprint density at radius 3 is 2.81 bits per heavy atom. The summed E-state index contributed by atoms with van der Waals surface area (Å²) in [4.78, 5) is 18.1. The number of amidine groups is 1. The second-order valence-electron chi connectivity index (χ2n) is 4.09. The zero-order valence-electron chi connectivity index (χ0n) is 11.7. The van der Waals surface area contributed by atoms with Crippen molar-refractivity contribution >= 4 is 17.6 Å². The van der Waals surface area contributed by atoms with Crippen molar-refractivity contribution in [2.45, 2.75) is 6.92 Å². The fourth-order valence-corrected chi connectivity index (χ4v) is 1.73. The van der Waals surface area contributed by atoms with Crippen molar-refractivity contribution < 1.29 is 23.7 Å². The average molecular weight is 299 g/mol. The number of aromatic nitrogens is 2. The maximum absolute atomic E-state index is 11.2. The highest BCUT2D eigenvalue weighted by Crippen LogP contribution is 2.12. The summed E-state index contributed by atoms with van der Waals surface area (Å²) in [6, 6.07) is 0. The Balaban J connectivity index is 2.08. The average Bonchev–Trinajstić information content (AvgIpc) is 2.91. The maximum atomic E-state index is 11.2. The third-order valence-corrected chi connectivity index (χ3v) is 2.68. The molecule has 2 N–H and O–H groups in total. The monoisotopic (exact) mass is 299 g/mol. The van der Waals surface area contributed by atoms with Crippen molar-refractivity contribution in [3.05, 3.63) is 5.69 Å². The fraction of sp³-hybridized carbons (Fsp3) is 0.636. The van der Waals surface area contributed by atoms with Gasteiger partial charge in [0.25, 0.3) is 0 Å². The molecule has 0 atom stereocenters. The van der Waals surface area contributed by atoms with Crippen LogP contribution in [-0.4, -0.2) is 66.5 Å². The Labute approximate surface area is 120 Å². The van der Waals surface area contributed by atoms with E-state index in [-0.39, 0.29) is 24.7 Å². The Morgan fingerprint density at radius 1 is 1.43 bits per heavy atom. The first-order valence-electron chi connectivity index (χ1n) is 6.49. The highest BCUT2D eigenvalue weighted by atomic mass is 16.7. The number of carbonyl (C=O) groups excluding carboxylic acids is 1. The van der Waals surface area contributed by atoms with Crippen LogP contribution in [0.5, 0.6) is 0 Å². The van der Waals surface area contributed by atoms with Crippen molar-refractivity contribution in [3.63, 3.8) is 0 Å². The summed E-state index contributed by atoms with van der Waals surface area (Å²) in [6.07, 6.45) is 0. The van der Waals surface area contributed by atoms with Crippen LogP contribution in [-0.2, 0) is 19.1 Å². The van der Waals surface area contributed by atoms with Crippen molar-refractivity contribution in [3.8, 4) is 0 Å². The number of carbonyl (C=O) groups is 1. The molecule has 1 aliphatic rings. The van der Waals surface area contributed by atoms with Gasteiger partial charge < -0.3 is 24.9 Å². The number of morpholine rings is 1. The van der Waals surface area contributed by atoms with Gasteiger partial charge in [-0.25, -0.2) is 9.42 Å². The predicted octanol–water partition coefficient (Wildman–Crippen LogP) is -0.775. The Morgan fingerprint density at radius 2 is 2.19 bits per heavy atom. The minimum atomic E-state index is -0.506. The summed E-state index contributed by atoms with van der Waals surface area (Å²) in [5.74, 6) is -0.0600. The number of rotatable bonds is 5. The largest absolute Gasteiger partial charge is 0.463 e. The van der Waals surface area contributed by atoms with E-state index in [1.165, 1.54) is 0 Å². The lowest BCUT2D eigenvalue weighted by Gasteiger charge is -2.28. The zero-order chi connectivity index (χ0) is 15.1. The van der Waals surface area contributed by atoms with E-state index < -0.39 is 5.97 Å². The fourth-order valence-electron chi connectivity index (χ4n) is 1.73. The number of oxime groups is 1. The SMILES string of the molecule is CCOC(=O)CON=C(c1nonc1N)N1CCOCC1. The molecule has 0 unspecified atom stereocenters. The molecule has 2 heterocycles. The Kier molecular flexibility index (Phi) is 5.32. The first kappa shape index (κ1) is 15.0. The molecule has 2 rings (SSSR count). The van der Waals surface area contributed by atoms with E-state index in [1.54, 1.807) is 6.92 Å². The van der Waals surface area contributed by atoms with Gasteiger partial charge in [-0.3, -0.25) is 0 Å². The molecule has 1 aromatic rings. The van der Waals surface area contributed by atoms with E-state index in [4.69, 9.17) is 20.0 Å². The van der Waals surface area contributed by atoms with Gasteiger partial charge >= 0.3 is 5.97 Å². The molecular formula is C11H17N5O5. The molecule has 0 aromatic carbocycles. The van der Waals surface area contributed by atoms with E-state index in [0.29, 0.717) is 32.1 Å². The summed E-state index contributed by atoms with van der Waals surface area (Å²) < 4.78 is 14.6. The topological polar surface area (TPSA) is 125 Å². The maximum Gasteiger partial charge on any atom is 0.347 e. The molecule has 1 aromatic heterocycles. The minimum Gasteiger partial charge on any atom is -0.463 e. The molecule has 0 radical (unpaired) electrons. The lowest BCUT2D eigenvalue weighted by molar-refractivity contribution is -0.148. The quantitative estimate of drug-likeness (QED) is 0.322.